The zero-order chi connectivity index (χ0) is 13.0. The molecule has 0 saturated heterocycles. The van der Waals surface area contributed by atoms with E-state index in [0.29, 0.717) is 5.92 Å². The Kier molecular flexibility index (Phi) is 4.85. The van der Waals surface area contributed by atoms with Gasteiger partial charge in [0.2, 0.25) is 0 Å². The minimum atomic E-state index is -0.107. The van der Waals surface area contributed by atoms with E-state index in [2.05, 4.69) is 31.4 Å². The standard InChI is InChI=1S/C16H26OS/c1-13(2)12-16(9-3-4-10-16)15(17)8-7-14-6-5-11-18-14/h5-6,11,13,15,17H,3-4,7-10,12H2,1-2H3. The van der Waals surface area contributed by atoms with Gasteiger partial charge in [0.25, 0.3) is 0 Å². The van der Waals surface area contributed by atoms with E-state index in [0.717, 1.165) is 12.8 Å². The molecule has 18 heavy (non-hydrogen) atoms. The molecule has 0 spiro atoms. The summed E-state index contributed by atoms with van der Waals surface area (Å²) in [6.45, 7) is 4.57. The first kappa shape index (κ1) is 14.1. The molecule has 2 heteroatoms. The number of thiophene rings is 1. The number of aliphatic hydroxyl groups is 1. The first-order valence-corrected chi connectivity index (χ1v) is 8.21. The van der Waals surface area contributed by atoms with Crippen LogP contribution in [0.3, 0.4) is 0 Å². The van der Waals surface area contributed by atoms with Crippen molar-refractivity contribution < 1.29 is 5.11 Å². The molecule has 1 aliphatic rings. The van der Waals surface area contributed by atoms with Crippen molar-refractivity contribution >= 4 is 11.3 Å². The lowest BCUT2D eigenvalue weighted by molar-refractivity contribution is 0.00747. The number of hydrogen-bond donors (Lipinski definition) is 1. The van der Waals surface area contributed by atoms with Crippen LogP contribution in [0.1, 0.15) is 57.2 Å². The van der Waals surface area contributed by atoms with Gasteiger partial charge in [-0.1, -0.05) is 32.8 Å². The number of aliphatic hydroxyl groups excluding tert-OH is 1. The van der Waals surface area contributed by atoms with Crippen LogP contribution in [-0.2, 0) is 6.42 Å². The summed E-state index contributed by atoms with van der Waals surface area (Å²) in [5.41, 5.74) is 0.228. The van der Waals surface area contributed by atoms with Crippen LogP contribution in [0.2, 0.25) is 0 Å². The Hall–Kier alpha value is -0.340. The normalized spacial score (nSPS) is 20.4. The number of aryl methyl sites for hydroxylation is 1. The highest BCUT2D eigenvalue weighted by atomic mass is 32.1. The van der Waals surface area contributed by atoms with Gasteiger partial charge in [-0.25, -0.2) is 0 Å². The van der Waals surface area contributed by atoms with Gasteiger partial charge in [0.1, 0.15) is 0 Å². The number of hydrogen-bond acceptors (Lipinski definition) is 2. The molecular weight excluding hydrogens is 240 g/mol. The van der Waals surface area contributed by atoms with E-state index >= 15 is 0 Å². The maximum absolute atomic E-state index is 10.7. The van der Waals surface area contributed by atoms with Crippen molar-refractivity contribution in [1.82, 2.24) is 0 Å². The molecular formula is C16H26OS. The Bertz CT molecular complexity index is 336. The summed E-state index contributed by atoms with van der Waals surface area (Å²) in [6.07, 6.45) is 8.15. The maximum atomic E-state index is 10.7. The quantitative estimate of drug-likeness (QED) is 0.794. The van der Waals surface area contributed by atoms with Gasteiger partial charge in [0, 0.05) is 4.88 Å². The Balaban J connectivity index is 1.93. The third kappa shape index (κ3) is 3.36. The van der Waals surface area contributed by atoms with Gasteiger partial charge >= 0.3 is 0 Å². The topological polar surface area (TPSA) is 20.2 Å². The monoisotopic (exact) mass is 266 g/mol. The van der Waals surface area contributed by atoms with Gasteiger partial charge in [0.05, 0.1) is 6.10 Å². The summed E-state index contributed by atoms with van der Waals surface area (Å²) < 4.78 is 0. The van der Waals surface area contributed by atoms with Crippen LogP contribution in [0.5, 0.6) is 0 Å². The molecule has 1 nitrogen and oxygen atoms in total. The van der Waals surface area contributed by atoms with Crippen LogP contribution in [0.25, 0.3) is 0 Å². The second-order valence-corrected chi connectivity index (χ2v) is 7.33. The third-order valence-electron chi connectivity index (χ3n) is 4.37. The Labute approximate surface area is 115 Å². The SMILES string of the molecule is CC(C)CC1(C(O)CCc2cccs2)CCCC1. The fraction of sp³-hybridized carbons (Fsp3) is 0.750. The Morgan fingerprint density at radius 3 is 2.61 bits per heavy atom. The highest BCUT2D eigenvalue weighted by Crippen LogP contribution is 2.47. The van der Waals surface area contributed by atoms with Crippen LogP contribution in [0.15, 0.2) is 17.5 Å². The third-order valence-corrected chi connectivity index (χ3v) is 5.30. The van der Waals surface area contributed by atoms with Gasteiger partial charge in [-0.3, -0.25) is 0 Å². The molecule has 1 N–H and O–H groups in total. The van der Waals surface area contributed by atoms with Crippen molar-refractivity contribution in [3.05, 3.63) is 22.4 Å². The lowest BCUT2D eigenvalue weighted by Gasteiger charge is -2.36. The van der Waals surface area contributed by atoms with Crippen molar-refractivity contribution in [2.75, 3.05) is 0 Å². The zero-order valence-corrected chi connectivity index (χ0v) is 12.5. The van der Waals surface area contributed by atoms with Crippen LogP contribution in [0.4, 0.5) is 0 Å². The Morgan fingerprint density at radius 2 is 2.06 bits per heavy atom. The lowest BCUT2D eigenvalue weighted by Crippen LogP contribution is -2.34. The average molecular weight is 266 g/mol. The summed E-state index contributed by atoms with van der Waals surface area (Å²) in [6, 6.07) is 4.28. The molecule has 1 saturated carbocycles. The minimum absolute atomic E-state index is 0.107. The fourth-order valence-electron chi connectivity index (χ4n) is 3.61. The molecule has 0 radical (unpaired) electrons. The summed E-state index contributed by atoms with van der Waals surface area (Å²) in [5, 5.41) is 12.8. The van der Waals surface area contributed by atoms with Crippen molar-refractivity contribution in [3.8, 4) is 0 Å². The lowest BCUT2D eigenvalue weighted by atomic mass is 9.72. The predicted octanol–water partition coefficient (Wildman–Crippen LogP) is 4.65. The van der Waals surface area contributed by atoms with Crippen molar-refractivity contribution in [2.24, 2.45) is 11.3 Å². The summed E-state index contributed by atoms with van der Waals surface area (Å²) in [7, 11) is 0. The summed E-state index contributed by atoms with van der Waals surface area (Å²) in [5.74, 6) is 0.694. The Morgan fingerprint density at radius 1 is 1.33 bits per heavy atom. The molecule has 0 bridgehead atoms. The molecule has 2 rings (SSSR count). The van der Waals surface area contributed by atoms with Crippen molar-refractivity contribution in [3.63, 3.8) is 0 Å². The molecule has 1 atom stereocenters. The molecule has 0 aromatic carbocycles. The summed E-state index contributed by atoms with van der Waals surface area (Å²) in [4.78, 5) is 1.41. The predicted molar refractivity (Wildman–Crippen MR) is 79.0 cm³/mol. The van der Waals surface area contributed by atoms with E-state index in [4.69, 9.17) is 0 Å². The van der Waals surface area contributed by atoms with Crippen molar-refractivity contribution in [1.29, 1.82) is 0 Å². The van der Waals surface area contributed by atoms with Crippen LogP contribution >= 0.6 is 11.3 Å². The van der Waals surface area contributed by atoms with Crippen LogP contribution in [0, 0.1) is 11.3 Å². The first-order valence-electron chi connectivity index (χ1n) is 7.33. The smallest absolute Gasteiger partial charge is 0.0600 e. The minimum Gasteiger partial charge on any atom is -0.393 e. The molecule has 1 fully saturated rings. The van der Waals surface area contributed by atoms with Gasteiger partial charge in [-0.2, -0.15) is 0 Å². The molecule has 102 valence electrons. The van der Waals surface area contributed by atoms with E-state index in [1.54, 1.807) is 0 Å². The molecule has 1 aromatic rings. The van der Waals surface area contributed by atoms with Gasteiger partial charge in [0.15, 0.2) is 0 Å². The van der Waals surface area contributed by atoms with Crippen LogP contribution < -0.4 is 0 Å². The van der Waals surface area contributed by atoms with Gasteiger partial charge in [-0.15, -0.1) is 11.3 Å². The first-order chi connectivity index (χ1) is 8.62. The van der Waals surface area contributed by atoms with Crippen molar-refractivity contribution in [2.45, 2.75) is 64.9 Å². The molecule has 1 aliphatic carbocycles. The molecule has 1 unspecified atom stereocenters. The average Bonchev–Trinajstić information content (AvgIpc) is 2.96. The molecule has 1 aromatic heterocycles. The molecule has 1 heterocycles. The highest BCUT2D eigenvalue weighted by molar-refractivity contribution is 7.09. The van der Waals surface area contributed by atoms with E-state index < -0.39 is 0 Å². The van der Waals surface area contributed by atoms with E-state index in [-0.39, 0.29) is 11.5 Å². The largest absolute Gasteiger partial charge is 0.393 e. The highest BCUT2D eigenvalue weighted by Gasteiger charge is 2.40. The number of rotatable bonds is 6. The van der Waals surface area contributed by atoms with E-state index in [1.807, 2.05) is 11.3 Å². The van der Waals surface area contributed by atoms with Crippen LogP contribution in [-0.4, -0.2) is 11.2 Å². The summed E-state index contributed by atoms with van der Waals surface area (Å²) >= 11 is 1.81. The van der Waals surface area contributed by atoms with Gasteiger partial charge in [-0.05, 0) is 54.9 Å². The molecule has 0 aliphatic heterocycles. The second-order valence-electron chi connectivity index (χ2n) is 6.30. The van der Waals surface area contributed by atoms with E-state index in [9.17, 15) is 5.11 Å². The van der Waals surface area contributed by atoms with E-state index in [1.165, 1.54) is 37.0 Å². The second kappa shape index (κ2) is 6.21. The fourth-order valence-corrected chi connectivity index (χ4v) is 4.33. The maximum Gasteiger partial charge on any atom is 0.0600 e. The molecule has 0 amide bonds. The van der Waals surface area contributed by atoms with Gasteiger partial charge < -0.3 is 5.11 Å². The zero-order valence-electron chi connectivity index (χ0n) is 11.7.